The Kier molecular flexibility index (Phi) is 4.30. The van der Waals surface area contributed by atoms with Crippen molar-refractivity contribution in [2.45, 2.75) is 18.6 Å². The van der Waals surface area contributed by atoms with Crippen LogP contribution in [-0.2, 0) is 6.42 Å². The molecule has 3 nitrogen and oxygen atoms in total. The molecule has 0 aliphatic heterocycles. The van der Waals surface area contributed by atoms with Gasteiger partial charge in [-0.3, -0.25) is 0 Å². The van der Waals surface area contributed by atoms with Crippen molar-refractivity contribution in [1.29, 1.82) is 5.26 Å². The van der Waals surface area contributed by atoms with Crippen LogP contribution in [0.25, 0.3) is 0 Å². The number of hydrogen-bond donors (Lipinski definition) is 2. The molecule has 0 amide bonds. The maximum atomic E-state index is 10.2. The molecule has 2 atom stereocenters. The first-order valence-corrected chi connectivity index (χ1v) is 6.18. The van der Waals surface area contributed by atoms with E-state index in [9.17, 15) is 5.11 Å². The smallest absolute Gasteiger partial charge is 0.0991 e. The third-order valence-corrected chi connectivity index (χ3v) is 3.10. The molecule has 3 N–H and O–H groups in total. The van der Waals surface area contributed by atoms with Crippen molar-refractivity contribution in [1.82, 2.24) is 0 Å². The summed E-state index contributed by atoms with van der Waals surface area (Å²) in [4.78, 5) is 0. The Hall–Kier alpha value is -2.15. The van der Waals surface area contributed by atoms with Crippen molar-refractivity contribution in [2.75, 3.05) is 0 Å². The second-order valence-corrected chi connectivity index (χ2v) is 4.52. The molecule has 0 saturated carbocycles. The molecule has 19 heavy (non-hydrogen) atoms. The summed E-state index contributed by atoms with van der Waals surface area (Å²) in [6.07, 6.45) is -0.171. The third kappa shape index (κ3) is 3.41. The van der Waals surface area contributed by atoms with Crippen molar-refractivity contribution >= 4 is 0 Å². The molecule has 0 radical (unpaired) electrons. The van der Waals surface area contributed by atoms with Crippen LogP contribution in [0.5, 0.6) is 0 Å². The van der Waals surface area contributed by atoms with Crippen molar-refractivity contribution in [3.63, 3.8) is 0 Å². The van der Waals surface area contributed by atoms with Gasteiger partial charge in [0.2, 0.25) is 0 Å². The molecule has 0 aromatic heterocycles. The van der Waals surface area contributed by atoms with E-state index < -0.39 is 12.1 Å². The van der Waals surface area contributed by atoms with Gasteiger partial charge in [-0.1, -0.05) is 42.5 Å². The van der Waals surface area contributed by atoms with Gasteiger partial charge in [0.15, 0.2) is 0 Å². The monoisotopic (exact) mass is 252 g/mol. The van der Waals surface area contributed by atoms with E-state index in [4.69, 9.17) is 11.0 Å². The fraction of sp³-hybridized carbons (Fsp3) is 0.188. The fourth-order valence-corrected chi connectivity index (χ4v) is 2.02. The summed E-state index contributed by atoms with van der Waals surface area (Å²) in [6, 6.07) is 18.4. The van der Waals surface area contributed by atoms with Crippen molar-refractivity contribution < 1.29 is 5.11 Å². The minimum atomic E-state index is -0.670. The van der Waals surface area contributed by atoms with E-state index in [1.807, 2.05) is 36.4 Å². The molecule has 96 valence electrons. The molecule has 0 bridgehead atoms. The lowest BCUT2D eigenvalue weighted by atomic mass is 9.96. The number of aliphatic hydroxyl groups is 1. The van der Waals surface area contributed by atoms with E-state index in [0.717, 1.165) is 11.1 Å². The van der Waals surface area contributed by atoms with Gasteiger partial charge in [-0.25, -0.2) is 0 Å². The maximum absolute atomic E-state index is 10.2. The van der Waals surface area contributed by atoms with Crippen LogP contribution in [-0.4, -0.2) is 11.2 Å². The highest BCUT2D eigenvalue weighted by atomic mass is 16.3. The molecule has 0 spiro atoms. The number of nitriles is 1. The topological polar surface area (TPSA) is 70.0 Å². The van der Waals surface area contributed by atoms with Crippen LogP contribution in [0.4, 0.5) is 0 Å². The number of rotatable bonds is 4. The molecule has 0 saturated heterocycles. The maximum Gasteiger partial charge on any atom is 0.0991 e. The summed E-state index contributed by atoms with van der Waals surface area (Å²) in [5.41, 5.74) is 8.43. The average Bonchev–Trinajstić information content (AvgIpc) is 2.47. The van der Waals surface area contributed by atoms with Gasteiger partial charge < -0.3 is 10.8 Å². The molecule has 2 rings (SSSR count). The lowest BCUT2D eigenvalue weighted by molar-refractivity contribution is 0.145. The zero-order chi connectivity index (χ0) is 13.7. The molecule has 2 aromatic carbocycles. The summed E-state index contributed by atoms with van der Waals surface area (Å²) in [6.45, 7) is 0. The van der Waals surface area contributed by atoms with E-state index in [2.05, 4.69) is 6.07 Å². The van der Waals surface area contributed by atoms with Gasteiger partial charge in [0.25, 0.3) is 0 Å². The number of benzene rings is 2. The quantitative estimate of drug-likeness (QED) is 0.876. The molecule has 0 aliphatic rings. The van der Waals surface area contributed by atoms with Crippen LogP contribution in [0, 0.1) is 11.3 Å². The zero-order valence-corrected chi connectivity index (χ0v) is 10.5. The second kappa shape index (κ2) is 6.14. The lowest BCUT2D eigenvalue weighted by Gasteiger charge is -2.19. The van der Waals surface area contributed by atoms with Crippen molar-refractivity contribution in [3.05, 3.63) is 71.3 Å². The Morgan fingerprint density at radius 3 is 2.53 bits per heavy atom. The largest absolute Gasteiger partial charge is 0.391 e. The molecule has 2 aromatic rings. The first kappa shape index (κ1) is 13.3. The summed E-state index contributed by atoms with van der Waals surface area (Å²) in [5.74, 6) is 0. The Morgan fingerprint density at radius 1 is 1.11 bits per heavy atom. The van der Waals surface area contributed by atoms with E-state index in [0.29, 0.717) is 12.0 Å². The van der Waals surface area contributed by atoms with E-state index in [1.165, 1.54) is 0 Å². The highest BCUT2D eigenvalue weighted by Crippen LogP contribution is 2.18. The predicted octanol–water partition coefficient (Wildman–Crippen LogP) is 2.16. The molecule has 0 fully saturated rings. The van der Waals surface area contributed by atoms with Crippen molar-refractivity contribution in [3.8, 4) is 6.07 Å². The Bertz CT molecular complexity index is 575. The SMILES string of the molecule is N#Cc1cccc([C@@H](N)[C@@H](O)Cc2ccccc2)c1. The lowest BCUT2D eigenvalue weighted by Crippen LogP contribution is -2.28. The van der Waals surface area contributed by atoms with Gasteiger partial charge >= 0.3 is 0 Å². The Labute approximate surface area is 112 Å². The first-order chi connectivity index (χ1) is 9.20. The predicted molar refractivity (Wildman–Crippen MR) is 74.2 cm³/mol. The summed E-state index contributed by atoms with van der Waals surface area (Å²) in [5, 5.41) is 19.0. The van der Waals surface area contributed by atoms with Crippen LogP contribution in [0.3, 0.4) is 0 Å². The second-order valence-electron chi connectivity index (χ2n) is 4.52. The van der Waals surface area contributed by atoms with Gasteiger partial charge in [0.05, 0.1) is 23.8 Å². The standard InChI is InChI=1S/C16H16N2O/c17-11-13-7-4-8-14(9-13)16(18)15(19)10-12-5-2-1-3-6-12/h1-9,15-16,19H,10,18H2/t15-,16+/m0/s1. The summed E-state index contributed by atoms with van der Waals surface area (Å²) < 4.78 is 0. The highest BCUT2D eigenvalue weighted by molar-refractivity contribution is 5.34. The number of nitrogens with zero attached hydrogens (tertiary/aromatic N) is 1. The molecule has 0 heterocycles. The third-order valence-electron chi connectivity index (χ3n) is 3.10. The molecular weight excluding hydrogens is 236 g/mol. The van der Waals surface area contributed by atoms with E-state index in [1.54, 1.807) is 18.2 Å². The van der Waals surface area contributed by atoms with Crippen LogP contribution in [0.2, 0.25) is 0 Å². The minimum absolute atomic E-state index is 0.492. The molecule has 3 heteroatoms. The average molecular weight is 252 g/mol. The Balaban J connectivity index is 2.10. The molecular formula is C16H16N2O. The Morgan fingerprint density at radius 2 is 1.84 bits per heavy atom. The molecule has 0 unspecified atom stereocenters. The van der Waals surface area contributed by atoms with Crippen LogP contribution in [0.1, 0.15) is 22.7 Å². The summed E-state index contributed by atoms with van der Waals surface area (Å²) in [7, 11) is 0. The number of nitrogens with two attached hydrogens (primary N) is 1. The van der Waals surface area contributed by atoms with Crippen LogP contribution >= 0.6 is 0 Å². The van der Waals surface area contributed by atoms with Gasteiger partial charge in [-0.15, -0.1) is 0 Å². The van der Waals surface area contributed by atoms with Gasteiger partial charge in [0, 0.05) is 6.42 Å². The minimum Gasteiger partial charge on any atom is -0.391 e. The first-order valence-electron chi connectivity index (χ1n) is 6.18. The van der Waals surface area contributed by atoms with E-state index in [-0.39, 0.29) is 0 Å². The van der Waals surface area contributed by atoms with Gasteiger partial charge in [-0.05, 0) is 23.3 Å². The molecule has 0 aliphatic carbocycles. The zero-order valence-electron chi connectivity index (χ0n) is 10.5. The van der Waals surface area contributed by atoms with Crippen LogP contribution < -0.4 is 5.73 Å². The van der Waals surface area contributed by atoms with Gasteiger partial charge in [0.1, 0.15) is 0 Å². The van der Waals surface area contributed by atoms with Gasteiger partial charge in [-0.2, -0.15) is 5.26 Å². The fourth-order valence-electron chi connectivity index (χ4n) is 2.02. The van der Waals surface area contributed by atoms with Crippen LogP contribution in [0.15, 0.2) is 54.6 Å². The number of hydrogen-bond acceptors (Lipinski definition) is 3. The van der Waals surface area contributed by atoms with Crippen molar-refractivity contribution in [2.24, 2.45) is 5.73 Å². The summed E-state index contributed by atoms with van der Waals surface area (Å²) >= 11 is 0. The highest BCUT2D eigenvalue weighted by Gasteiger charge is 2.17. The number of aliphatic hydroxyl groups excluding tert-OH is 1. The van der Waals surface area contributed by atoms with E-state index >= 15 is 0 Å². The normalized spacial score (nSPS) is 13.5.